The highest BCUT2D eigenvalue weighted by Gasteiger charge is 2.11. The molecular formula is C13H18N4. The Morgan fingerprint density at radius 3 is 2.53 bits per heavy atom. The lowest BCUT2D eigenvalue weighted by Crippen LogP contribution is -2.35. The molecule has 0 atom stereocenters. The first-order valence-corrected chi connectivity index (χ1v) is 5.76. The van der Waals surface area contributed by atoms with Crippen molar-refractivity contribution >= 4 is 0 Å². The van der Waals surface area contributed by atoms with Gasteiger partial charge in [-0.15, -0.1) is 5.10 Å². The maximum atomic E-state index is 4.11. The first kappa shape index (κ1) is 11.8. The molecule has 0 amide bonds. The van der Waals surface area contributed by atoms with Crippen LogP contribution in [-0.4, -0.2) is 20.5 Å². The van der Waals surface area contributed by atoms with Crippen LogP contribution in [0.4, 0.5) is 0 Å². The highest BCUT2D eigenvalue weighted by Crippen LogP contribution is 2.09. The van der Waals surface area contributed by atoms with Gasteiger partial charge in [-0.05, 0) is 32.9 Å². The number of hydrogen-bond acceptors (Lipinski definition) is 3. The third-order valence-corrected chi connectivity index (χ3v) is 2.42. The Morgan fingerprint density at radius 1 is 1.18 bits per heavy atom. The Bertz CT molecular complexity index is 468. The highest BCUT2D eigenvalue weighted by molar-refractivity contribution is 5.31. The summed E-state index contributed by atoms with van der Waals surface area (Å²) in [5, 5.41) is 11.5. The van der Waals surface area contributed by atoms with Gasteiger partial charge < -0.3 is 5.32 Å². The molecule has 0 saturated heterocycles. The number of para-hydroxylation sites is 1. The van der Waals surface area contributed by atoms with Crippen LogP contribution in [0.5, 0.6) is 0 Å². The van der Waals surface area contributed by atoms with Crippen molar-refractivity contribution in [3.63, 3.8) is 0 Å². The van der Waals surface area contributed by atoms with Crippen LogP contribution in [0.2, 0.25) is 0 Å². The maximum Gasteiger partial charge on any atom is 0.0783 e. The molecule has 0 aliphatic carbocycles. The second-order valence-corrected chi connectivity index (χ2v) is 5.08. The van der Waals surface area contributed by atoms with Crippen LogP contribution in [0.1, 0.15) is 26.5 Å². The van der Waals surface area contributed by atoms with Crippen molar-refractivity contribution in [1.29, 1.82) is 0 Å². The average molecular weight is 230 g/mol. The van der Waals surface area contributed by atoms with Crippen molar-refractivity contribution in [2.75, 3.05) is 0 Å². The number of hydrogen-bond donors (Lipinski definition) is 1. The predicted molar refractivity (Wildman–Crippen MR) is 68.0 cm³/mol. The summed E-state index contributed by atoms with van der Waals surface area (Å²) in [5.74, 6) is 0. The van der Waals surface area contributed by atoms with Gasteiger partial charge in [-0.2, -0.15) is 0 Å². The summed E-state index contributed by atoms with van der Waals surface area (Å²) in [6, 6.07) is 10.0. The Kier molecular flexibility index (Phi) is 3.24. The largest absolute Gasteiger partial charge is 0.306 e. The van der Waals surface area contributed by atoms with Gasteiger partial charge in [-0.1, -0.05) is 23.4 Å². The smallest absolute Gasteiger partial charge is 0.0783 e. The molecule has 0 aliphatic rings. The van der Waals surface area contributed by atoms with Crippen LogP contribution in [0.15, 0.2) is 36.5 Å². The van der Waals surface area contributed by atoms with Gasteiger partial charge in [0.1, 0.15) is 0 Å². The lowest BCUT2D eigenvalue weighted by Gasteiger charge is -2.20. The van der Waals surface area contributed by atoms with Crippen molar-refractivity contribution < 1.29 is 0 Å². The number of benzene rings is 1. The molecule has 17 heavy (non-hydrogen) atoms. The predicted octanol–water partition coefficient (Wildman–Crippen LogP) is 2.16. The summed E-state index contributed by atoms with van der Waals surface area (Å²) in [4.78, 5) is 0. The van der Waals surface area contributed by atoms with Crippen molar-refractivity contribution in [3.05, 3.63) is 42.2 Å². The zero-order valence-electron chi connectivity index (χ0n) is 10.5. The molecule has 0 fully saturated rings. The van der Waals surface area contributed by atoms with Gasteiger partial charge >= 0.3 is 0 Å². The fourth-order valence-electron chi connectivity index (χ4n) is 1.52. The Hall–Kier alpha value is -1.68. The number of rotatable bonds is 3. The average Bonchev–Trinajstić information content (AvgIpc) is 2.75. The summed E-state index contributed by atoms with van der Waals surface area (Å²) in [6.07, 6.45) is 1.80. The summed E-state index contributed by atoms with van der Waals surface area (Å²) in [5.41, 5.74) is 2.19. The van der Waals surface area contributed by atoms with Gasteiger partial charge in [0, 0.05) is 12.1 Å². The van der Waals surface area contributed by atoms with Gasteiger partial charge in [0.15, 0.2) is 0 Å². The number of aromatic nitrogens is 3. The lowest BCUT2D eigenvalue weighted by atomic mass is 10.1. The van der Waals surface area contributed by atoms with E-state index in [1.807, 2.05) is 35.0 Å². The van der Waals surface area contributed by atoms with Crippen LogP contribution in [0, 0.1) is 0 Å². The van der Waals surface area contributed by atoms with Gasteiger partial charge in [0.25, 0.3) is 0 Å². The molecule has 1 aromatic carbocycles. The van der Waals surface area contributed by atoms with Gasteiger partial charge in [0.05, 0.1) is 17.6 Å². The van der Waals surface area contributed by atoms with E-state index in [1.54, 1.807) is 6.20 Å². The fraction of sp³-hybridized carbons (Fsp3) is 0.385. The first-order valence-electron chi connectivity index (χ1n) is 5.76. The molecular weight excluding hydrogens is 212 g/mol. The monoisotopic (exact) mass is 230 g/mol. The molecule has 90 valence electrons. The summed E-state index contributed by atoms with van der Waals surface area (Å²) >= 11 is 0. The van der Waals surface area contributed by atoms with Crippen LogP contribution >= 0.6 is 0 Å². The van der Waals surface area contributed by atoms with E-state index in [0.717, 1.165) is 17.9 Å². The number of nitrogens with one attached hydrogen (secondary N) is 1. The standard InChI is InChI=1S/C13H18N4/c1-13(2,3)14-9-12-10-15-16-17(12)11-7-5-4-6-8-11/h4-8,10,14H,9H2,1-3H3. The molecule has 0 radical (unpaired) electrons. The Balaban J connectivity index is 2.18. The molecule has 1 N–H and O–H groups in total. The molecule has 1 aromatic heterocycles. The molecule has 4 nitrogen and oxygen atoms in total. The van der Waals surface area contributed by atoms with E-state index in [0.29, 0.717) is 0 Å². The second-order valence-electron chi connectivity index (χ2n) is 5.08. The van der Waals surface area contributed by atoms with Crippen molar-refractivity contribution in [1.82, 2.24) is 20.3 Å². The molecule has 0 unspecified atom stereocenters. The Morgan fingerprint density at radius 2 is 1.88 bits per heavy atom. The molecule has 0 saturated carbocycles. The van der Waals surface area contributed by atoms with E-state index in [4.69, 9.17) is 0 Å². The molecule has 2 aromatic rings. The minimum absolute atomic E-state index is 0.0891. The van der Waals surface area contributed by atoms with Crippen molar-refractivity contribution in [3.8, 4) is 5.69 Å². The van der Waals surface area contributed by atoms with Crippen LogP contribution < -0.4 is 5.32 Å². The van der Waals surface area contributed by atoms with Crippen LogP contribution in [0.3, 0.4) is 0 Å². The lowest BCUT2D eigenvalue weighted by molar-refractivity contribution is 0.418. The van der Waals surface area contributed by atoms with E-state index in [-0.39, 0.29) is 5.54 Å². The normalized spacial score (nSPS) is 11.7. The van der Waals surface area contributed by atoms with Crippen molar-refractivity contribution in [2.24, 2.45) is 0 Å². The van der Waals surface area contributed by atoms with Gasteiger partial charge in [0.2, 0.25) is 0 Å². The summed E-state index contributed by atoms with van der Waals surface area (Å²) < 4.78 is 1.86. The molecule has 0 bridgehead atoms. The molecule has 4 heteroatoms. The zero-order valence-corrected chi connectivity index (χ0v) is 10.5. The third kappa shape index (κ3) is 3.14. The summed E-state index contributed by atoms with van der Waals surface area (Å²) in [7, 11) is 0. The van der Waals surface area contributed by atoms with E-state index in [1.165, 1.54) is 0 Å². The number of nitrogens with zero attached hydrogens (tertiary/aromatic N) is 3. The molecule has 0 aliphatic heterocycles. The van der Waals surface area contributed by atoms with Crippen LogP contribution in [0.25, 0.3) is 5.69 Å². The highest BCUT2D eigenvalue weighted by atomic mass is 15.4. The first-order chi connectivity index (χ1) is 8.06. The van der Waals surface area contributed by atoms with E-state index >= 15 is 0 Å². The zero-order chi connectivity index (χ0) is 12.3. The quantitative estimate of drug-likeness (QED) is 0.878. The van der Waals surface area contributed by atoms with Gasteiger partial charge in [-0.3, -0.25) is 0 Å². The minimum Gasteiger partial charge on any atom is -0.306 e. The topological polar surface area (TPSA) is 42.7 Å². The SMILES string of the molecule is CC(C)(C)NCc1cnnn1-c1ccccc1. The molecule has 2 rings (SSSR count). The maximum absolute atomic E-state index is 4.11. The fourth-order valence-corrected chi connectivity index (χ4v) is 1.52. The third-order valence-electron chi connectivity index (χ3n) is 2.42. The van der Waals surface area contributed by atoms with Crippen LogP contribution in [-0.2, 0) is 6.54 Å². The van der Waals surface area contributed by atoms with E-state index in [9.17, 15) is 0 Å². The summed E-state index contributed by atoms with van der Waals surface area (Å²) in [6.45, 7) is 7.18. The second kappa shape index (κ2) is 4.67. The Labute approximate surface area is 102 Å². The molecule has 1 heterocycles. The minimum atomic E-state index is 0.0891. The van der Waals surface area contributed by atoms with Gasteiger partial charge in [-0.25, -0.2) is 4.68 Å². The van der Waals surface area contributed by atoms with E-state index in [2.05, 4.69) is 36.4 Å². The van der Waals surface area contributed by atoms with E-state index < -0.39 is 0 Å². The molecule has 0 spiro atoms. The van der Waals surface area contributed by atoms with Crippen molar-refractivity contribution in [2.45, 2.75) is 32.9 Å².